The van der Waals surface area contributed by atoms with Gasteiger partial charge in [0, 0.05) is 25.9 Å². The van der Waals surface area contributed by atoms with Gasteiger partial charge in [0.2, 0.25) is 5.91 Å². The molecule has 6 heteroatoms. The van der Waals surface area contributed by atoms with Gasteiger partial charge in [-0.1, -0.05) is 6.92 Å². The fraction of sp³-hybridized carbons (Fsp3) is 0.714. The Labute approximate surface area is 119 Å². The van der Waals surface area contributed by atoms with Crippen LogP contribution >= 0.6 is 0 Å². The van der Waals surface area contributed by atoms with Gasteiger partial charge in [-0.25, -0.2) is 0 Å². The lowest BCUT2D eigenvalue weighted by molar-refractivity contribution is -0.133. The number of nitrogen functional groups attached to an aromatic ring is 1. The summed E-state index contributed by atoms with van der Waals surface area (Å²) in [5, 5.41) is 4.25. The zero-order valence-corrected chi connectivity index (χ0v) is 12.1. The number of nitrogens with zero attached hydrogens (tertiary/aromatic N) is 3. The van der Waals surface area contributed by atoms with Crippen LogP contribution in [0.1, 0.15) is 38.6 Å². The summed E-state index contributed by atoms with van der Waals surface area (Å²) >= 11 is 0. The Morgan fingerprint density at radius 1 is 1.45 bits per heavy atom. The Kier molecular flexibility index (Phi) is 5.40. The zero-order valence-electron chi connectivity index (χ0n) is 12.1. The van der Waals surface area contributed by atoms with Crippen molar-refractivity contribution in [2.75, 3.05) is 32.0 Å². The lowest BCUT2D eigenvalue weighted by Crippen LogP contribution is -2.39. The van der Waals surface area contributed by atoms with Crippen LogP contribution in [0.25, 0.3) is 0 Å². The minimum absolute atomic E-state index is 0.194. The van der Waals surface area contributed by atoms with Crippen LogP contribution < -0.4 is 5.73 Å². The SMILES string of the molecule is CCCOCCC(=O)N1CCC(n2ccc(N)n2)CC1. The van der Waals surface area contributed by atoms with E-state index in [4.69, 9.17) is 10.5 Å². The molecule has 0 bridgehead atoms. The molecule has 1 amide bonds. The average Bonchev–Trinajstić information content (AvgIpc) is 2.90. The number of hydrogen-bond acceptors (Lipinski definition) is 4. The second-order valence-corrected chi connectivity index (χ2v) is 5.19. The Morgan fingerprint density at radius 3 is 2.80 bits per heavy atom. The highest BCUT2D eigenvalue weighted by molar-refractivity contribution is 5.76. The van der Waals surface area contributed by atoms with Crippen LogP contribution in [0, 0.1) is 0 Å². The van der Waals surface area contributed by atoms with Gasteiger partial charge in [0.1, 0.15) is 5.82 Å². The quantitative estimate of drug-likeness (QED) is 0.800. The number of piperidine rings is 1. The van der Waals surface area contributed by atoms with Crippen LogP contribution in [0.2, 0.25) is 0 Å². The van der Waals surface area contributed by atoms with Crippen LogP contribution in [0.5, 0.6) is 0 Å². The third kappa shape index (κ3) is 3.96. The number of aromatic nitrogens is 2. The number of carbonyl (C=O) groups excluding carboxylic acids is 1. The standard InChI is InChI=1S/C14H24N4O2/c1-2-10-20-11-6-14(19)17-7-3-12(4-8-17)18-9-5-13(15)16-18/h5,9,12H,2-4,6-8,10-11H2,1H3,(H2,15,16). The molecule has 0 saturated carbocycles. The van der Waals surface area contributed by atoms with Crippen LogP contribution in [-0.2, 0) is 9.53 Å². The zero-order chi connectivity index (χ0) is 14.4. The second kappa shape index (κ2) is 7.28. The Bertz CT molecular complexity index is 425. The summed E-state index contributed by atoms with van der Waals surface area (Å²) < 4.78 is 7.28. The van der Waals surface area contributed by atoms with Crippen molar-refractivity contribution in [1.29, 1.82) is 0 Å². The van der Waals surface area contributed by atoms with Crippen molar-refractivity contribution in [2.45, 2.75) is 38.6 Å². The molecule has 1 aromatic heterocycles. The summed E-state index contributed by atoms with van der Waals surface area (Å²) in [7, 11) is 0. The molecule has 6 nitrogen and oxygen atoms in total. The minimum atomic E-state index is 0.194. The first kappa shape index (κ1) is 14.8. The van der Waals surface area contributed by atoms with Gasteiger partial charge < -0.3 is 15.4 Å². The van der Waals surface area contributed by atoms with Gasteiger partial charge in [-0.2, -0.15) is 5.10 Å². The Morgan fingerprint density at radius 2 is 2.20 bits per heavy atom. The van der Waals surface area contributed by atoms with Crippen LogP contribution in [-0.4, -0.2) is 46.9 Å². The fourth-order valence-electron chi connectivity index (χ4n) is 2.50. The topological polar surface area (TPSA) is 73.4 Å². The molecule has 1 saturated heterocycles. The van der Waals surface area contributed by atoms with E-state index in [9.17, 15) is 4.79 Å². The number of hydrogen-bond donors (Lipinski definition) is 1. The van der Waals surface area contributed by atoms with Gasteiger partial charge in [-0.05, 0) is 25.3 Å². The molecule has 1 aromatic rings. The van der Waals surface area contributed by atoms with E-state index in [2.05, 4.69) is 12.0 Å². The molecule has 20 heavy (non-hydrogen) atoms. The summed E-state index contributed by atoms with van der Waals surface area (Å²) in [6, 6.07) is 2.16. The highest BCUT2D eigenvalue weighted by Crippen LogP contribution is 2.22. The van der Waals surface area contributed by atoms with Crippen LogP contribution in [0.4, 0.5) is 5.82 Å². The molecule has 2 N–H and O–H groups in total. The number of nitrogens with two attached hydrogens (primary N) is 1. The maximum absolute atomic E-state index is 12.0. The molecule has 0 atom stereocenters. The van der Waals surface area contributed by atoms with Crippen molar-refractivity contribution in [3.63, 3.8) is 0 Å². The Balaban J connectivity index is 1.72. The molecule has 1 aliphatic rings. The first-order valence-electron chi connectivity index (χ1n) is 7.37. The van der Waals surface area contributed by atoms with Crippen molar-refractivity contribution in [3.05, 3.63) is 12.3 Å². The molecule has 1 aliphatic heterocycles. The lowest BCUT2D eigenvalue weighted by Gasteiger charge is -2.32. The van der Waals surface area contributed by atoms with Crippen molar-refractivity contribution < 1.29 is 9.53 Å². The van der Waals surface area contributed by atoms with Gasteiger partial charge in [0.05, 0.1) is 19.1 Å². The van der Waals surface area contributed by atoms with Gasteiger partial charge in [-0.3, -0.25) is 9.48 Å². The van der Waals surface area contributed by atoms with Crippen molar-refractivity contribution in [2.24, 2.45) is 0 Å². The summed E-state index contributed by atoms with van der Waals surface area (Å²) in [5.41, 5.74) is 5.63. The van der Waals surface area contributed by atoms with Gasteiger partial charge in [0.15, 0.2) is 0 Å². The third-order valence-corrected chi connectivity index (χ3v) is 3.63. The minimum Gasteiger partial charge on any atom is -0.382 e. The van der Waals surface area contributed by atoms with E-state index < -0.39 is 0 Å². The maximum Gasteiger partial charge on any atom is 0.224 e. The van der Waals surface area contributed by atoms with E-state index in [-0.39, 0.29) is 5.91 Å². The Hall–Kier alpha value is -1.56. The fourth-order valence-corrected chi connectivity index (χ4v) is 2.50. The summed E-state index contributed by atoms with van der Waals surface area (Å²) in [5.74, 6) is 0.746. The molecule has 2 heterocycles. The predicted octanol–water partition coefficient (Wildman–Crippen LogP) is 1.45. The molecule has 0 unspecified atom stereocenters. The van der Waals surface area contributed by atoms with E-state index in [1.54, 1.807) is 0 Å². The van der Waals surface area contributed by atoms with E-state index in [1.807, 2.05) is 21.8 Å². The highest BCUT2D eigenvalue weighted by atomic mass is 16.5. The highest BCUT2D eigenvalue weighted by Gasteiger charge is 2.23. The largest absolute Gasteiger partial charge is 0.382 e. The number of anilines is 1. The summed E-state index contributed by atoms with van der Waals surface area (Å²) in [4.78, 5) is 13.9. The molecule has 0 spiro atoms. The van der Waals surface area contributed by atoms with E-state index in [0.29, 0.717) is 24.9 Å². The molecule has 1 fully saturated rings. The molecule has 2 rings (SSSR count). The maximum atomic E-state index is 12.0. The van der Waals surface area contributed by atoms with Crippen LogP contribution in [0.3, 0.4) is 0 Å². The lowest BCUT2D eigenvalue weighted by atomic mass is 10.1. The summed E-state index contributed by atoms with van der Waals surface area (Å²) in [6.45, 7) is 4.90. The summed E-state index contributed by atoms with van der Waals surface area (Å²) in [6.07, 6.45) is 5.26. The predicted molar refractivity (Wildman–Crippen MR) is 77.2 cm³/mol. The first-order valence-corrected chi connectivity index (χ1v) is 7.37. The van der Waals surface area contributed by atoms with Crippen molar-refractivity contribution >= 4 is 11.7 Å². The smallest absolute Gasteiger partial charge is 0.224 e. The molecule has 0 radical (unpaired) electrons. The van der Waals surface area contributed by atoms with E-state index >= 15 is 0 Å². The van der Waals surface area contributed by atoms with Crippen LogP contribution in [0.15, 0.2) is 12.3 Å². The van der Waals surface area contributed by atoms with Gasteiger partial charge in [-0.15, -0.1) is 0 Å². The molecule has 0 aliphatic carbocycles. The molecular formula is C14H24N4O2. The van der Waals surface area contributed by atoms with Gasteiger partial charge >= 0.3 is 0 Å². The first-order chi connectivity index (χ1) is 9.70. The van der Waals surface area contributed by atoms with Crippen molar-refractivity contribution in [3.8, 4) is 0 Å². The molecule has 112 valence electrons. The van der Waals surface area contributed by atoms with E-state index in [1.165, 1.54) is 0 Å². The average molecular weight is 280 g/mol. The third-order valence-electron chi connectivity index (χ3n) is 3.63. The molecular weight excluding hydrogens is 256 g/mol. The normalized spacial score (nSPS) is 16.6. The number of carbonyl (C=O) groups is 1. The number of likely N-dealkylation sites (tertiary alicyclic amines) is 1. The number of ether oxygens (including phenoxy) is 1. The van der Waals surface area contributed by atoms with Crippen molar-refractivity contribution in [1.82, 2.24) is 14.7 Å². The number of amides is 1. The second-order valence-electron chi connectivity index (χ2n) is 5.19. The monoisotopic (exact) mass is 280 g/mol. The van der Waals surface area contributed by atoms with E-state index in [0.717, 1.165) is 39.0 Å². The molecule has 0 aromatic carbocycles. The van der Waals surface area contributed by atoms with Gasteiger partial charge in [0.25, 0.3) is 0 Å². The number of rotatable bonds is 6.